The molecule has 0 aliphatic rings. The quantitative estimate of drug-likeness (QED) is 0.779. The molecule has 0 saturated heterocycles. The first-order valence-electron chi connectivity index (χ1n) is 6.60. The van der Waals surface area contributed by atoms with Crippen LogP contribution in [0.3, 0.4) is 0 Å². The SMILES string of the molecule is Cc1cc(CNc2cccc(-n3ccnc3)c2)c(C)s1. The van der Waals surface area contributed by atoms with Crippen LogP contribution in [-0.2, 0) is 6.54 Å². The molecule has 0 spiro atoms. The van der Waals surface area contributed by atoms with Crippen molar-refractivity contribution < 1.29 is 0 Å². The third kappa shape index (κ3) is 2.75. The number of nitrogens with zero attached hydrogens (tertiary/aromatic N) is 2. The van der Waals surface area contributed by atoms with Crippen LogP contribution in [0.2, 0.25) is 0 Å². The van der Waals surface area contributed by atoms with E-state index in [1.807, 2.05) is 28.4 Å². The van der Waals surface area contributed by atoms with E-state index < -0.39 is 0 Å². The Balaban J connectivity index is 1.75. The van der Waals surface area contributed by atoms with Crippen LogP contribution < -0.4 is 5.32 Å². The Kier molecular flexibility index (Phi) is 3.56. The van der Waals surface area contributed by atoms with Crippen molar-refractivity contribution in [3.8, 4) is 5.69 Å². The van der Waals surface area contributed by atoms with Gasteiger partial charge in [-0.15, -0.1) is 11.3 Å². The number of aromatic nitrogens is 2. The standard InChI is InChI=1S/C16H17N3S/c1-12-8-14(13(2)20-12)10-18-15-4-3-5-16(9-15)19-7-6-17-11-19/h3-9,11,18H,10H2,1-2H3. The Morgan fingerprint density at radius 1 is 1.25 bits per heavy atom. The molecule has 0 amide bonds. The van der Waals surface area contributed by atoms with E-state index in [1.54, 1.807) is 6.20 Å². The van der Waals surface area contributed by atoms with Crippen LogP contribution in [0.15, 0.2) is 49.1 Å². The van der Waals surface area contributed by atoms with Gasteiger partial charge in [-0.25, -0.2) is 4.98 Å². The summed E-state index contributed by atoms with van der Waals surface area (Å²) in [5, 5.41) is 3.49. The zero-order valence-electron chi connectivity index (χ0n) is 11.6. The third-order valence-electron chi connectivity index (χ3n) is 3.28. The van der Waals surface area contributed by atoms with Gasteiger partial charge < -0.3 is 9.88 Å². The highest BCUT2D eigenvalue weighted by atomic mass is 32.1. The maximum absolute atomic E-state index is 4.08. The summed E-state index contributed by atoms with van der Waals surface area (Å²) < 4.78 is 2.01. The van der Waals surface area contributed by atoms with Gasteiger partial charge in [0.2, 0.25) is 0 Å². The minimum absolute atomic E-state index is 0.865. The molecule has 20 heavy (non-hydrogen) atoms. The molecule has 3 rings (SSSR count). The second kappa shape index (κ2) is 5.51. The van der Waals surface area contributed by atoms with E-state index in [-0.39, 0.29) is 0 Å². The van der Waals surface area contributed by atoms with Crippen molar-refractivity contribution in [1.29, 1.82) is 0 Å². The average molecular weight is 283 g/mol. The molecule has 0 saturated carbocycles. The number of anilines is 1. The molecule has 3 nitrogen and oxygen atoms in total. The number of imidazole rings is 1. The lowest BCUT2D eigenvalue weighted by Crippen LogP contribution is -2.00. The molecular weight excluding hydrogens is 266 g/mol. The number of thiophene rings is 1. The van der Waals surface area contributed by atoms with Crippen LogP contribution in [0.5, 0.6) is 0 Å². The van der Waals surface area contributed by atoms with Crippen LogP contribution in [0.4, 0.5) is 5.69 Å². The number of rotatable bonds is 4. The summed E-state index contributed by atoms with van der Waals surface area (Å²) in [6.45, 7) is 5.20. The monoisotopic (exact) mass is 283 g/mol. The number of benzene rings is 1. The molecule has 0 aliphatic heterocycles. The zero-order chi connectivity index (χ0) is 13.9. The molecule has 1 aromatic carbocycles. The van der Waals surface area contributed by atoms with E-state index in [0.29, 0.717) is 0 Å². The van der Waals surface area contributed by atoms with Crippen LogP contribution >= 0.6 is 11.3 Å². The van der Waals surface area contributed by atoms with Crippen molar-refractivity contribution >= 4 is 17.0 Å². The van der Waals surface area contributed by atoms with E-state index >= 15 is 0 Å². The highest BCUT2D eigenvalue weighted by molar-refractivity contribution is 7.12. The van der Waals surface area contributed by atoms with Crippen molar-refractivity contribution in [3.63, 3.8) is 0 Å². The lowest BCUT2D eigenvalue weighted by molar-refractivity contribution is 1.05. The minimum atomic E-state index is 0.865. The first-order chi connectivity index (χ1) is 9.72. The summed E-state index contributed by atoms with van der Waals surface area (Å²) >= 11 is 1.85. The highest BCUT2D eigenvalue weighted by Crippen LogP contribution is 2.22. The zero-order valence-corrected chi connectivity index (χ0v) is 12.4. The number of aryl methyl sites for hydroxylation is 2. The molecule has 102 valence electrons. The number of hydrogen-bond acceptors (Lipinski definition) is 3. The Morgan fingerprint density at radius 3 is 2.85 bits per heavy atom. The summed E-state index contributed by atoms with van der Waals surface area (Å²) in [6, 6.07) is 10.6. The Bertz CT molecular complexity index is 698. The van der Waals surface area contributed by atoms with E-state index in [2.05, 4.69) is 54.5 Å². The van der Waals surface area contributed by atoms with Crippen molar-refractivity contribution in [2.75, 3.05) is 5.32 Å². The number of nitrogens with one attached hydrogen (secondary N) is 1. The van der Waals surface area contributed by atoms with E-state index in [4.69, 9.17) is 0 Å². The van der Waals surface area contributed by atoms with Crippen molar-refractivity contribution in [3.05, 3.63) is 64.4 Å². The van der Waals surface area contributed by atoms with E-state index in [0.717, 1.165) is 17.9 Å². The molecule has 0 unspecified atom stereocenters. The maximum Gasteiger partial charge on any atom is 0.0991 e. The summed E-state index contributed by atoms with van der Waals surface area (Å²) in [6.07, 6.45) is 5.55. The average Bonchev–Trinajstić information content (AvgIpc) is 3.07. The first kappa shape index (κ1) is 12.9. The normalized spacial score (nSPS) is 10.7. The largest absolute Gasteiger partial charge is 0.381 e. The number of hydrogen-bond donors (Lipinski definition) is 1. The van der Waals surface area contributed by atoms with Gasteiger partial charge in [0.05, 0.1) is 6.33 Å². The Labute approximate surface area is 122 Å². The Hall–Kier alpha value is -2.07. The topological polar surface area (TPSA) is 29.9 Å². The van der Waals surface area contributed by atoms with Gasteiger partial charge in [-0.05, 0) is 43.7 Å². The second-order valence-corrected chi connectivity index (χ2v) is 6.27. The smallest absolute Gasteiger partial charge is 0.0991 e. The summed E-state index contributed by atoms with van der Waals surface area (Å²) in [4.78, 5) is 6.84. The molecule has 0 bridgehead atoms. The van der Waals surface area contributed by atoms with Crippen LogP contribution in [0, 0.1) is 13.8 Å². The summed E-state index contributed by atoms with van der Waals surface area (Å²) in [5.41, 5.74) is 3.62. The maximum atomic E-state index is 4.08. The summed E-state index contributed by atoms with van der Waals surface area (Å²) in [7, 11) is 0. The molecule has 1 N–H and O–H groups in total. The molecule has 0 aliphatic carbocycles. The highest BCUT2D eigenvalue weighted by Gasteiger charge is 2.03. The fraction of sp³-hybridized carbons (Fsp3) is 0.188. The molecule has 2 heterocycles. The summed E-state index contributed by atoms with van der Waals surface area (Å²) in [5.74, 6) is 0. The van der Waals surface area contributed by atoms with Crippen molar-refractivity contribution in [1.82, 2.24) is 9.55 Å². The van der Waals surface area contributed by atoms with E-state index in [1.165, 1.54) is 15.3 Å². The first-order valence-corrected chi connectivity index (χ1v) is 7.42. The Morgan fingerprint density at radius 2 is 2.15 bits per heavy atom. The molecular formula is C16H17N3S. The van der Waals surface area contributed by atoms with Crippen molar-refractivity contribution in [2.45, 2.75) is 20.4 Å². The van der Waals surface area contributed by atoms with E-state index in [9.17, 15) is 0 Å². The molecule has 0 atom stereocenters. The predicted molar refractivity (Wildman–Crippen MR) is 84.7 cm³/mol. The van der Waals surface area contributed by atoms with Crippen molar-refractivity contribution in [2.24, 2.45) is 0 Å². The molecule has 0 radical (unpaired) electrons. The van der Waals surface area contributed by atoms with Gasteiger partial charge in [0.1, 0.15) is 0 Å². The second-order valence-electron chi connectivity index (χ2n) is 4.81. The molecule has 2 aromatic heterocycles. The van der Waals surface area contributed by atoms with Crippen LogP contribution in [0.25, 0.3) is 5.69 Å². The molecule has 4 heteroatoms. The van der Waals surface area contributed by atoms with Gasteiger partial charge in [-0.1, -0.05) is 6.07 Å². The minimum Gasteiger partial charge on any atom is -0.381 e. The third-order valence-corrected chi connectivity index (χ3v) is 4.28. The fourth-order valence-electron chi connectivity index (χ4n) is 2.24. The van der Waals surface area contributed by atoms with Crippen LogP contribution in [-0.4, -0.2) is 9.55 Å². The van der Waals surface area contributed by atoms with Gasteiger partial charge in [0.15, 0.2) is 0 Å². The van der Waals surface area contributed by atoms with Gasteiger partial charge >= 0.3 is 0 Å². The van der Waals surface area contributed by atoms with Gasteiger partial charge in [0.25, 0.3) is 0 Å². The predicted octanol–water partition coefficient (Wildman–Crippen LogP) is 4.16. The molecule has 0 fully saturated rings. The lowest BCUT2D eigenvalue weighted by Gasteiger charge is -2.08. The van der Waals surface area contributed by atoms with Gasteiger partial charge in [-0.2, -0.15) is 0 Å². The lowest BCUT2D eigenvalue weighted by atomic mass is 10.2. The van der Waals surface area contributed by atoms with Crippen LogP contribution in [0.1, 0.15) is 15.3 Å². The van der Waals surface area contributed by atoms with Gasteiger partial charge in [0, 0.05) is 40.1 Å². The molecule has 3 aromatic rings. The van der Waals surface area contributed by atoms with Gasteiger partial charge in [-0.3, -0.25) is 0 Å². The fourth-order valence-corrected chi connectivity index (χ4v) is 3.19.